The Hall–Kier alpha value is -1.85. The van der Waals surface area contributed by atoms with Gasteiger partial charge in [-0.15, -0.1) is 11.3 Å². The lowest BCUT2D eigenvalue weighted by Gasteiger charge is -2.34. The van der Waals surface area contributed by atoms with E-state index < -0.39 is 0 Å². The smallest absolute Gasteiger partial charge is 0.341 e. The second-order valence-corrected chi connectivity index (χ2v) is 7.82. The van der Waals surface area contributed by atoms with Crippen molar-refractivity contribution in [1.29, 1.82) is 0 Å². The Labute approximate surface area is 148 Å². The lowest BCUT2D eigenvalue weighted by Crippen LogP contribution is -2.40. The van der Waals surface area contributed by atoms with Crippen LogP contribution < -0.4 is 5.73 Å². The van der Waals surface area contributed by atoms with Crippen LogP contribution in [0.25, 0.3) is 11.1 Å². The van der Waals surface area contributed by atoms with Crippen LogP contribution in [-0.2, 0) is 11.3 Å². The van der Waals surface area contributed by atoms with Crippen LogP contribution in [0.15, 0.2) is 30.3 Å². The quantitative estimate of drug-likeness (QED) is 0.815. The number of carbonyl (C=O) groups is 1. The van der Waals surface area contributed by atoms with Crippen molar-refractivity contribution in [2.75, 3.05) is 19.4 Å². The Kier molecular flexibility index (Phi) is 5.67. The minimum Gasteiger partial charge on any atom is -0.465 e. The highest BCUT2D eigenvalue weighted by Crippen LogP contribution is 2.40. The number of carbonyl (C=O) groups excluding carboxylic acids is 1. The number of methoxy groups -OCH3 is 1. The lowest BCUT2D eigenvalue weighted by atomic mass is 9.99. The van der Waals surface area contributed by atoms with E-state index in [4.69, 9.17) is 10.5 Å². The molecule has 0 radical (unpaired) electrons. The molecule has 24 heavy (non-hydrogen) atoms. The molecule has 0 aliphatic carbocycles. The van der Waals surface area contributed by atoms with Gasteiger partial charge in [0.1, 0.15) is 10.6 Å². The molecule has 2 rings (SSSR count). The Bertz CT molecular complexity index is 702. The number of rotatable bonds is 5. The largest absolute Gasteiger partial charge is 0.465 e. The van der Waals surface area contributed by atoms with Gasteiger partial charge in [-0.2, -0.15) is 0 Å². The van der Waals surface area contributed by atoms with Gasteiger partial charge in [0, 0.05) is 22.5 Å². The maximum atomic E-state index is 12.3. The average molecular weight is 346 g/mol. The van der Waals surface area contributed by atoms with Crippen molar-refractivity contribution in [3.63, 3.8) is 0 Å². The molecule has 1 heterocycles. The van der Waals surface area contributed by atoms with Gasteiger partial charge in [-0.1, -0.05) is 37.3 Å². The summed E-state index contributed by atoms with van der Waals surface area (Å²) >= 11 is 1.47. The third-order valence-electron chi connectivity index (χ3n) is 4.13. The van der Waals surface area contributed by atoms with Crippen molar-refractivity contribution >= 4 is 22.3 Å². The molecule has 2 aromatic rings. The van der Waals surface area contributed by atoms with E-state index in [1.54, 1.807) is 0 Å². The zero-order valence-corrected chi connectivity index (χ0v) is 15.9. The van der Waals surface area contributed by atoms with Crippen LogP contribution in [0.5, 0.6) is 0 Å². The fourth-order valence-electron chi connectivity index (χ4n) is 2.82. The molecule has 0 saturated heterocycles. The average Bonchev–Trinajstić information content (AvgIpc) is 2.87. The summed E-state index contributed by atoms with van der Waals surface area (Å²) in [5, 5.41) is 0.515. The number of ether oxygens (including phenoxy) is 1. The Balaban J connectivity index is 2.58. The number of thiophene rings is 1. The van der Waals surface area contributed by atoms with Crippen LogP contribution in [0.3, 0.4) is 0 Å². The normalized spacial score (nSPS) is 11.8. The molecule has 2 N–H and O–H groups in total. The number of hydrogen-bond acceptors (Lipinski definition) is 5. The van der Waals surface area contributed by atoms with E-state index in [0.717, 1.165) is 29.1 Å². The molecule has 0 atom stereocenters. The van der Waals surface area contributed by atoms with Crippen molar-refractivity contribution in [3.05, 3.63) is 40.8 Å². The Morgan fingerprint density at radius 2 is 1.88 bits per heavy atom. The summed E-state index contributed by atoms with van der Waals surface area (Å²) < 4.78 is 4.97. The molecular formula is C19H26N2O2S. The molecule has 0 bridgehead atoms. The second-order valence-electron chi connectivity index (χ2n) is 6.68. The van der Waals surface area contributed by atoms with Crippen LogP contribution in [0, 0.1) is 0 Å². The molecule has 0 amide bonds. The highest BCUT2D eigenvalue weighted by molar-refractivity contribution is 7.17. The standard InChI is InChI=1S/C19H26N2O2S/c1-6-21(19(2,3)4)12-14-15(13-10-8-7-9-11-13)16(17(20)24-14)18(22)23-5/h7-11H,6,12,20H2,1-5H3. The highest BCUT2D eigenvalue weighted by atomic mass is 32.1. The maximum absolute atomic E-state index is 12.3. The number of esters is 1. The molecule has 0 saturated carbocycles. The lowest BCUT2D eigenvalue weighted by molar-refractivity contribution is 0.0603. The Morgan fingerprint density at radius 1 is 1.25 bits per heavy atom. The van der Waals surface area contributed by atoms with Gasteiger partial charge in [0.15, 0.2) is 0 Å². The molecule has 130 valence electrons. The van der Waals surface area contributed by atoms with E-state index in [0.29, 0.717) is 10.6 Å². The SMILES string of the molecule is CCN(Cc1sc(N)c(C(=O)OC)c1-c1ccccc1)C(C)(C)C. The van der Waals surface area contributed by atoms with Crippen molar-refractivity contribution < 1.29 is 9.53 Å². The number of hydrogen-bond donors (Lipinski definition) is 1. The van der Waals surface area contributed by atoms with Gasteiger partial charge in [0.2, 0.25) is 0 Å². The Morgan fingerprint density at radius 3 is 2.38 bits per heavy atom. The summed E-state index contributed by atoms with van der Waals surface area (Å²) in [5.41, 5.74) is 8.58. The zero-order valence-electron chi connectivity index (χ0n) is 15.1. The summed E-state index contributed by atoms with van der Waals surface area (Å²) in [6.45, 7) is 10.4. The van der Waals surface area contributed by atoms with Crippen molar-refractivity contribution in [3.8, 4) is 11.1 Å². The first kappa shape index (κ1) is 18.5. The van der Waals surface area contributed by atoms with E-state index in [1.165, 1.54) is 18.4 Å². The predicted octanol–water partition coefficient (Wildman–Crippen LogP) is 4.40. The highest BCUT2D eigenvalue weighted by Gasteiger charge is 2.27. The van der Waals surface area contributed by atoms with Gasteiger partial charge < -0.3 is 10.5 Å². The van der Waals surface area contributed by atoms with Gasteiger partial charge in [-0.3, -0.25) is 4.90 Å². The van der Waals surface area contributed by atoms with Gasteiger partial charge in [-0.25, -0.2) is 4.79 Å². The van der Waals surface area contributed by atoms with E-state index >= 15 is 0 Å². The first-order valence-corrected chi connectivity index (χ1v) is 8.91. The van der Waals surface area contributed by atoms with Gasteiger partial charge in [0.25, 0.3) is 0 Å². The first-order chi connectivity index (χ1) is 11.3. The van der Waals surface area contributed by atoms with Gasteiger partial charge in [0.05, 0.1) is 7.11 Å². The van der Waals surface area contributed by atoms with Crippen LogP contribution in [0.2, 0.25) is 0 Å². The monoisotopic (exact) mass is 346 g/mol. The van der Waals surface area contributed by atoms with E-state index in [2.05, 4.69) is 32.6 Å². The molecule has 0 spiro atoms. The van der Waals surface area contributed by atoms with Crippen molar-refractivity contribution in [1.82, 2.24) is 4.90 Å². The topological polar surface area (TPSA) is 55.6 Å². The fourth-order valence-corrected chi connectivity index (χ4v) is 3.92. The molecule has 0 unspecified atom stereocenters. The van der Waals surface area contributed by atoms with Crippen molar-refractivity contribution in [2.24, 2.45) is 0 Å². The molecule has 0 aliphatic heterocycles. The fraction of sp³-hybridized carbons (Fsp3) is 0.421. The predicted molar refractivity (Wildman–Crippen MR) is 101 cm³/mol. The number of benzene rings is 1. The summed E-state index contributed by atoms with van der Waals surface area (Å²) in [7, 11) is 1.39. The molecule has 1 aromatic carbocycles. The molecule has 5 heteroatoms. The molecule has 1 aromatic heterocycles. The maximum Gasteiger partial charge on any atom is 0.341 e. The summed E-state index contributed by atoms with van der Waals surface area (Å²) in [4.78, 5) is 15.7. The zero-order chi connectivity index (χ0) is 17.9. The van der Waals surface area contributed by atoms with Crippen LogP contribution >= 0.6 is 11.3 Å². The summed E-state index contributed by atoms with van der Waals surface area (Å²) in [6.07, 6.45) is 0. The van der Waals surface area contributed by atoms with Crippen LogP contribution in [-0.4, -0.2) is 30.1 Å². The van der Waals surface area contributed by atoms with E-state index in [9.17, 15) is 4.79 Å². The number of anilines is 1. The molecule has 0 aliphatic rings. The van der Waals surface area contributed by atoms with Gasteiger partial charge >= 0.3 is 5.97 Å². The third kappa shape index (κ3) is 3.79. The van der Waals surface area contributed by atoms with Gasteiger partial charge in [-0.05, 0) is 32.9 Å². The minimum atomic E-state index is -0.382. The minimum absolute atomic E-state index is 0.0346. The number of nitrogen functional groups attached to an aromatic ring is 1. The van der Waals surface area contributed by atoms with E-state index in [1.807, 2.05) is 30.3 Å². The van der Waals surface area contributed by atoms with Crippen molar-refractivity contribution in [2.45, 2.75) is 39.8 Å². The number of nitrogens with zero attached hydrogens (tertiary/aromatic N) is 1. The summed E-state index contributed by atoms with van der Waals surface area (Å²) in [6, 6.07) is 9.91. The molecule has 4 nitrogen and oxygen atoms in total. The van der Waals surface area contributed by atoms with Crippen LogP contribution in [0.1, 0.15) is 42.9 Å². The molecule has 0 fully saturated rings. The van der Waals surface area contributed by atoms with Crippen LogP contribution in [0.4, 0.5) is 5.00 Å². The second kappa shape index (κ2) is 7.36. The first-order valence-electron chi connectivity index (χ1n) is 8.09. The summed E-state index contributed by atoms with van der Waals surface area (Å²) in [5.74, 6) is -0.382. The third-order valence-corrected chi connectivity index (χ3v) is 5.13. The number of nitrogens with two attached hydrogens (primary N) is 1. The van der Waals surface area contributed by atoms with E-state index in [-0.39, 0.29) is 11.5 Å². The molecular weight excluding hydrogens is 320 g/mol.